The zero-order valence-electron chi connectivity index (χ0n) is 18.9. The minimum absolute atomic E-state index is 0.176. The molecule has 9 heteroatoms. The summed E-state index contributed by atoms with van der Waals surface area (Å²) in [7, 11) is 1.76. The highest BCUT2D eigenvalue weighted by Gasteiger charge is 2.39. The number of piperidine rings is 2. The number of imide groups is 1. The summed E-state index contributed by atoms with van der Waals surface area (Å²) < 4.78 is 22.9. The van der Waals surface area contributed by atoms with Gasteiger partial charge in [-0.3, -0.25) is 19.6 Å². The van der Waals surface area contributed by atoms with Crippen molar-refractivity contribution < 1.29 is 23.5 Å². The highest BCUT2D eigenvalue weighted by molar-refractivity contribution is 6.02. The topological polar surface area (TPSA) is 93.5 Å². The van der Waals surface area contributed by atoms with E-state index in [4.69, 9.17) is 4.74 Å². The van der Waals surface area contributed by atoms with E-state index in [1.807, 2.05) is 0 Å². The Hall–Kier alpha value is -2.97. The lowest BCUT2D eigenvalue weighted by molar-refractivity contribution is -0.134. The molecule has 8 nitrogen and oxygen atoms in total. The molecular weight excluding hydrogens is 415 g/mol. The van der Waals surface area contributed by atoms with Crippen LogP contribution in [0.2, 0.25) is 0 Å². The average molecular weight is 445 g/mol. The van der Waals surface area contributed by atoms with Crippen LogP contribution in [0.5, 0.6) is 0 Å². The number of ether oxygens (including phenoxy) is 1. The van der Waals surface area contributed by atoms with Crippen LogP contribution in [-0.2, 0) is 27.0 Å². The van der Waals surface area contributed by atoms with E-state index in [1.54, 1.807) is 55.6 Å². The third-order valence-corrected chi connectivity index (χ3v) is 6.17. The van der Waals surface area contributed by atoms with Crippen LogP contribution in [0.15, 0.2) is 18.2 Å². The summed E-state index contributed by atoms with van der Waals surface area (Å²) in [5.41, 5.74) is -0.287. The molecule has 2 fully saturated rings. The summed E-state index contributed by atoms with van der Waals surface area (Å²) in [6, 6.07) is 5.32. The molecule has 1 aromatic heterocycles. The summed E-state index contributed by atoms with van der Waals surface area (Å²) in [5.74, 6) is -1.12. The number of benzene rings is 1. The average Bonchev–Trinajstić information content (AvgIpc) is 3.03. The predicted octanol–water partition coefficient (Wildman–Crippen LogP) is 3.29. The first kappa shape index (κ1) is 22.2. The van der Waals surface area contributed by atoms with Crippen molar-refractivity contribution in [1.29, 1.82) is 0 Å². The maximum Gasteiger partial charge on any atom is 0.410 e. The molecule has 1 unspecified atom stereocenters. The second-order valence-corrected chi connectivity index (χ2v) is 9.68. The number of rotatable bonds is 2. The first-order chi connectivity index (χ1) is 15.0. The number of alkyl halides is 1. The second kappa shape index (κ2) is 7.86. The zero-order valence-corrected chi connectivity index (χ0v) is 18.9. The number of nitrogens with one attached hydrogen (secondary N) is 1. The van der Waals surface area contributed by atoms with Crippen LogP contribution in [0.4, 0.5) is 9.18 Å². The molecule has 0 bridgehead atoms. The van der Waals surface area contributed by atoms with Crippen molar-refractivity contribution >= 4 is 28.8 Å². The van der Waals surface area contributed by atoms with E-state index in [2.05, 4.69) is 10.4 Å². The van der Waals surface area contributed by atoms with E-state index in [9.17, 15) is 14.4 Å². The highest BCUT2D eigenvalue weighted by Crippen LogP contribution is 2.39. The molecule has 3 heterocycles. The molecule has 0 aliphatic carbocycles. The normalized spacial score (nSPS) is 21.5. The summed E-state index contributed by atoms with van der Waals surface area (Å²) in [5, 5.41) is 7.67. The smallest absolute Gasteiger partial charge is 0.410 e. The third-order valence-electron chi connectivity index (χ3n) is 6.17. The van der Waals surface area contributed by atoms with E-state index in [-0.39, 0.29) is 44.2 Å². The number of aryl methyl sites for hydroxylation is 1. The van der Waals surface area contributed by atoms with Crippen molar-refractivity contribution in [2.45, 2.75) is 63.6 Å². The maximum atomic E-state index is 15.9. The Morgan fingerprint density at radius 3 is 2.56 bits per heavy atom. The Bertz CT molecular complexity index is 1080. The molecule has 32 heavy (non-hydrogen) atoms. The van der Waals surface area contributed by atoms with E-state index in [0.717, 1.165) is 10.9 Å². The summed E-state index contributed by atoms with van der Waals surface area (Å²) >= 11 is 0. The van der Waals surface area contributed by atoms with E-state index in [0.29, 0.717) is 17.7 Å². The molecule has 2 aromatic rings. The SMILES string of the molecule is Cn1nc(C2CCC(=O)NC2=O)c2ccc(C3(F)CCN(C(=O)OC(C)(C)C)CC3)cc21. The molecule has 172 valence electrons. The fraction of sp³-hybridized carbons (Fsp3) is 0.565. The Labute approximate surface area is 186 Å². The third kappa shape index (κ3) is 4.20. The van der Waals surface area contributed by atoms with Crippen LogP contribution < -0.4 is 5.32 Å². The highest BCUT2D eigenvalue weighted by atomic mass is 19.1. The van der Waals surface area contributed by atoms with Gasteiger partial charge in [0.1, 0.15) is 11.3 Å². The van der Waals surface area contributed by atoms with Gasteiger partial charge in [0.25, 0.3) is 0 Å². The lowest BCUT2D eigenvalue weighted by Gasteiger charge is -2.37. The molecule has 3 amide bonds. The minimum atomic E-state index is -1.56. The van der Waals surface area contributed by atoms with Gasteiger partial charge in [0.15, 0.2) is 0 Å². The van der Waals surface area contributed by atoms with E-state index < -0.39 is 23.3 Å². The molecule has 0 spiro atoms. The molecule has 2 saturated heterocycles. The summed E-state index contributed by atoms with van der Waals surface area (Å²) in [4.78, 5) is 37.6. The molecule has 2 aliphatic rings. The Balaban J connectivity index is 1.55. The number of fused-ring (bicyclic) bond motifs is 1. The van der Waals surface area contributed by atoms with Crippen LogP contribution in [0.25, 0.3) is 10.9 Å². The fourth-order valence-corrected chi connectivity index (χ4v) is 4.43. The maximum absolute atomic E-state index is 15.9. The minimum Gasteiger partial charge on any atom is -0.444 e. The monoisotopic (exact) mass is 444 g/mol. The van der Waals surface area contributed by atoms with Crippen molar-refractivity contribution in [3.8, 4) is 0 Å². The molecule has 4 rings (SSSR count). The number of amides is 3. The van der Waals surface area contributed by atoms with Gasteiger partial charge in [-0.15, -0.1) is 0 Å². The van der Waals surface area contributed by atoms with Gasteiger partial charge in [-0.1, -0.05) is 12.1 Å². The quantitative estimate of drug-likeness (QED) is 0.718. The Kier molecular flexibility index (Phi) is 5.46. The number of aromatic nitrogens is 2. The van der Waals surface area contributed by atoms with Crippen LogP contribution in [-0.4, -0.2) is 51.3 Å². The van der Waals surface area contributed by atoms with Gasteiger partial charge in [0, 0.05) is 44.8 Å². The number of hydrogen-bond acceptors (Lipinski definition) is 5. The lowest BCUT2D eigenvalue weighted by Crippen LogP contribution is -2.45. The second-order valence-electron chi connectivity index (χ2n) is 9.68. The van der Waals surface area contributed by atoms with Crippen LogP contribution in [0.3, 0.4) is 0 Å². The van der Waals surface area contributed by atoms with Crippen LogP contribution in [0, 0.1) is 0 Å². The molecular formula is C23H29FN4O4. The molecule has 2 aliphatic heterocycles. The molecule has 1 N–H and O–H groups in total. The number of hydrogen-bond donors (Lipinski definition) is 1. The summed E-state index contributed by atoms with van der Waals surface area (Å²) in [6.07, 6.45) is 0.612. The first-order valence-corrected chi connectivity index (χ1v) is 10.9. The van der Waals surface area contributed by atoms with Crippen LogP contribution >= 0.6 is 0 Å². The molecule has 0 saturated carbocycles. The van der Waals surface area contributed by atoms with Crippen molar-refractivity contribution in [3.05, 3.63) is 29.5 Å². The number of likely N-dealkylation sites (tertiary alicyclic amines) is 1. The first-order valence-electron chi connectivity index (χ1n) is 10.9. The van der Waals surface area contributed by atoms with Crippen molar-refractivity contribution in [1.82, 2.24) is 20.0 Å². The van der Waals surface area contributed by atoms with Crippen molar-refractivity contribution in [2.24, 2.45) is 7.05 Å². The molecule has 0 radical (unpaired) electrons. The van der Waals surface area contributed by atoms with E-state index in [1.165, 1.54) is 0 Å². The van der Waals surface area contributed by atoms with Gasteiger partial charge in [-0.2, -0.15) is 5.10 Å². The van der Waals surface area contributed by atoms with Gasteiger partial charge >= 0.3 is 6.09 Å². The van der Waals surface area contributed by atoms with Gasteiger partial charge in [0.05, 0.1) is 17.1 Å². The number of carbonyl (C=O) groups is 3. The van der Waals surface area contributed by atoms with Crippen molar-refractivity contribution in [2.75, 3.05) is 13.1 Å². The van der Waals surface area contributed by atoms with E-state index >= 15 is 4.39 Å². The zero-order chi connectivity index (χ0) is 23.3. The van der Waals surface area contributed by atoms with Crippen LogP contribution in [0.1, 0.15) is 63.6 Å². The standard InChI is InChI=1S/C23H29FN4O4/c1-22(2,3)32-21(31)28-11-9-23(24,10-12-28)14-5-6-15-17(13-14)27(4)26-19(15)16-7-8-18(29)25-20(16)30/h5-6,13,16H,7-12H2,1-4H3,(H,25,29,30). The fourth-order valence-electron chi connectivity index (χ4n) is 4.43. The lowest BCUT2D eigenvalue weighted by atomic mass is 9.85. The molecule has 1 aromatic carbocycles. The predicted molar refractivity (Wildman–Crippen MR) is 116 cm³/mol. The van der Waals surface area contributed by atoms with Gasteiger partial charge in [-0.05, 0) is 38.8 Å². The number of halogens is 1. The summed E-state index contributed by atoms with van der Waals surface area (Å²) in [6.45, 7) is 5.97. The largest absolute Gasteiger partial charge is 0.444 e. The van der Waals surface area contributed by atoms with Gasteiger partial charge < -0.3 is 9.64 Å². The number of nitrogens with zero attached hydrogens (tertiary/aromatic N) is 3. The number of carbonyl (C=O) groups excluding carboxylic acids is 3. The molecule has 1 atom stereocenters. The van der Waals surface area contributed by atoms with Gasteiger partial charge in [0.2, 0.25) is 11.8 Å². The Morgan fingerprint density at radius 2 is 1.94 bits per heavy atom. The van der Waals surface area contributed by atoms with Gasteiger partial charge in [-0.25, -0.2) is 9.18 Å². The Morgan fingerprint density at radius 1 is 1.25 bits per heavy atom. The van der Waals surface area contributed by atoms with Crippen molar-refractivity contribution in [3.63, 3.8) is 0 Å².